The van der Waals surface area contributed by atoms with E-state index in [2.05, 4.69) is 5.32 Å². The Kier molecular flexibility index (Phi) is 9.41. The molecular weight excluding hydrogens is 403 g/mol. The second-order valence-corrected chi connectivity index (χ2v) is 7.12. The number of piperidine rings is 1. The quantitative estimate of drug-likeness (QED) is 0.687. The molecule has 1 heterocycles. The molecule has 1 aromatic carbocycles. The first kappa shape index (κ1) is 23.6. The Morgan fingerprint density at radius 1 is 1.33 bits per heavy atom. The van der Waals surface area contributed by atoms with Gasteiger partial charge in [-0.05, 0) is 31.0 Å². The molecule has 27 heavy (non-hydrogen) atoms. The number of hydrogen-bond acceptors (Lipinski definition) is 4. The fraction of sp³-hybridized carbons (Fsp3) is 0.529. The number of halogens is 4. The number of nitrogens with two attached hydrogens (primary N) is 1. The molecule has 0 spiro atoms. The summed E-state index contributed by atoms with van der Waals surface area (Å²) in [6.07, 6.45) is -2.97. The second-order valence-electron chi connectivity index (χ2n) is 6.07. The zero-order valence-corrected chi connectivity index (χ0v) is 16.3. The molecule has 152 valence electrons. The zero-order valence-electron chi connectivity index (χ0n) is 14.6. The van der Waals surface area contributed by atoms with Crippen LogP contribution in [-0.2, 0) is 15.8 Å². The third kappa shape index (κ3) is 7.23. The summed E-state index contributed by atoms with van der Waals surface area (Å²) in [5.41, 5.74) is 4.63. The maximum atomic E-state index is 12.7. The van der Waals surface area contributed by atoms with Crippen molar-refractivity contribution in [3.63, 3.8) is 0 Å². The molecule has 1 aliphatic rings. The molecule has 2 rings (SSSR count). The molecule has 0 radical (unpaired) electrons. The standard InChI is InChI=1S/C17H22F3N3O2S.ClH/c18-17(19,20)13-4-1-5-14(9-13)26-11-15(24)23-8-2-3-12(10-23)16(25)22-7-6-21;/h1,4-5,9,12H,2-3,6-8,10-11,21H2,(H,22,25);1H. The highest BCUT2D eigenvalue weighted by Crippen LogP contribution is 2.32. The topological polar surface area (TPSA) is 75.4 Å². The lowest BCUT2D eigenvalue weighted by Gasteiger charge is -2.32. The monoisotopic (exact) mass is 425 g/mol. The van der Waals surface area contributed by atoms with Gasteiger partial charge >= 0.3 is 6.18 Å². The van der Waals surface area contributed by atoms with E-state index in [1.807, 2.05) is 0 Å². The highest BCUT2D eigenvalue weighted by Gasteiger charge is 2.31. The smallest absolute Gasteiger partial charge is 0.355 e. The van der Waals surface area contributed by atoms with Crippen LogP contribution in [0.5, 0.6) is 0 Å². The molecule has 1 unspecified atom stereocenters. The largest absolute Gasteiger partial charge is 0.416 e. The summed E-state index contributed by atoms with van der Waals surface area (Å²) in [5.74, 6) is -0.515. The van der Waals surface area contributed by atoms with Crippen LogP contribution in [0.2, 0.25) is 0 Å². The highest BCUT2D eigenvalue weighted by molar-refractivity contribution is 8.00. The Hall–Kier alpha value is -1.45. The molecule has 1 atom stereocenters. The van der Waals surface area contributed by atoms with E-state index >= 15 is 0 Å². The summed E-state index contributed by atoms with van der Waals surface area (Å²) in [4.78, 5) is 26.4. The first-order valence-corrected chi connectivity index (χ1v) is 9.35. The van der Waals surface area contributed by atoms with Gasteiger partial charge in [0.1, 0.15) is 0 Å². The lowest BCUT2D eigenvalue weighted by Crippen LogP contribution is -2.46. The Morgan fingerprint density at radius 3 is 2.74 bits per heavy atom. The molecule has 3 N–H and O–H groups in total. The number of rotatable bonds is 6. The van der Waals surface area contributed by atoms with Crippen molar-refractivity contribution in [3.05, 3.63) is 29.8 Å². The number of nitrogens with zero attached hydrogens (tertiary/aromatic N) is 1. The fourth-order valence-corrected chi connectivity index (χ4v) is 3.61. The molecule has 0 bridgehead atoms. The van der Waals surface area contributed by atoms with E-state index in [-0.39, 0.29) is 35.9 Å². The molecule has 1 saturated heterocycles. The molecule has 5 nitrogen and oxygen atoms in total. The molecule has 2 amide bonds. The van der Waals surface area contributed by atoms with Crippen molar-refractivity contribution in [1.29, 1.82) is 0 Å². The third-order valence-corrected chi connectivity index (χ3v) is 5.09. The van der Waals surface area contributed by atoms with Gasteiger partial charge in [0.25, 0.3) is 0 Å². The number of benzene rings is 1. The van der Waals surface area contributed by atoms with E-state index in [1.54, 1.807) is 11.0 Å². The number of carbonyl (C=O) groups excluding carboxylic acids is 2. The van der Waals surface area contributed by atoms with E-state index in [1.165, 1.54) is 6.07 Å². The molecule has 0 aliphatic carbocycles. The SMILES string of the molecule is Cl.NCCNC(=O)C1CCCN(C(=O)CSc2cccc(C(F)(F)F)c2)C1. The maximum Gasteiger partial charge on any atom is 0.416 e. The van der Waals surface area contributed by atoms with Gasteiger partial charge < -0.3 is 16.0 Å². The predicted octanol–water partition coefficient (Wildman–Crippen LogP) is 2.53. The van der Waals surface area contributed by atoms with Crippen molar-refractivity contribution in [2.75, 3.05) is 31.9 Å². The van der Waals surface area contributed by atoms with Gasteiger partial charge in [0.2, 0.25) is 11.8 Å². The summed E-state index contributed by atoms with van der Waals surface area (Å²) < 4.78 is 38.2. The fourth-order valence-electron chi connectivity index (χ4n) is 2.76. The van der Waals surface area contributed by atoms with Gasteiger partial charge in [-0.3, -0.25) is 9.59 Å². The van der Waals surface area contributed by atoms with Crippen molar-refractivity contribution >= 4 is 36.0 Å². The Morgan fingerprint density at radius 2 is 2.07 bits per heavy atom. The number of carbonyl (C=O) groups is 2. The van der Waals surface area contributed by atoms with E-state index in [0.717, 1.165) is 30.3 Å². The van der Waals surface area contributed by atoms with E-state index in [0.29, 0.717) is 37.5 Å². The van der Waals surface area contributed by atoms with Crippen LogP contribution in [0.15, 0.2) is 29.2 Å². The zero-order chi connectivity index (χ0) is 19.2. The maximum absolute atomic E-state index is 12.7. The van der Waals surface area contributed by atoms with E-state index in [4.69, 9.17) is 5.73 Å². The predicted molar refractivity (Wildman–Crippen MR) is 101 cm³/mol. The first-order chi connectivity index (χ1) is 12.3. The van der Waals surface area contributed by atoms with E-state index < -0.39 is 11.7 Å². The van der Waals surface area contributed by atoms with Gasteiger partial charge in [-0.15, -0.1) is 24.2 Å². The van der Waals surface area contributed by atoms with Gasteiger partial charge in [-0.25, -0.2) is 0 Å². The van der Waals surface area contributed by atoms with Crippen LogP contribution < -0.4 is 11.1 Å². The van der Waals surface area contributed by atoms with Gasteiger partial charge in [-0.2, -0.15) is 13.2 Å². The van der Waals surface area contributed by atoms with E-state index in [9.17, 15) is 22.8 Å². The first-order valence-electron chi connectivity index (χ1n) is 8.37. The van der Waals surface area contributed by atoms with Crippen molar-refractivity contribution in [2.24, 2.45) is 11.7 Å². The van der Waals surface area contributed by atoms with Gasteiger partial charge in [-0.1, -0.05) is 6.07 Å². The lowest BCUT2D eigenvalue weighted by molar-refractivity contribution is -0.138. The number of likely N-dealkylation sites (tertiary alicyclic amines) is 1. The van der Waals surface area contributed by atoms with Gasteiger partial charge in [0.05, 0.1) is 17.2 Å². The minimum Gasteiger partial charge on any atom is -0.355 e. The molecule has 0 aromatic heterocycles. The molecule has 1 aliphatic heterocycles. The Balaban J connectivity index is 0.00000364. The second kappa shape index (κ2) is 10.8. The number of amides is 2. The number of thioether (sulfide) groups is 1. The highest BCUT2D eigenvalue weighted by atomic mass is 35.5. The van der Waals surface area contributed by atoms with Gasteiger partial charge in [0.15, 0.2) is 0 Å². The van der Waals surface area contributed by atoms with Crippen LogP contribution in [0.3, 0.4) is 0 Å². The van der Waals surface area contributed by atoms with Crippen LogP contribution in [0.4, 0.5) is 13.2 Å². The Bertz CT molecular complexity index is 646. The number of hydrogen-bond donors (Lipinski definition) is 2. The molecular formula is C17H23ClF3N3O2S. The van der Waals surface area contributed by atoms with Crippen molar-refractivity contribution in [3.8, 4) is 0 Å². The van der Waals surface area contributed by atoms with Crippen LogP contribution in [-0.4, -0.2) is 48.6 Å². The normalized spacial score (nSPS) is 17.2. The molecule has 1 fully saturated rings. The molecule has 10 heteroatoms. The summed E-state index contributed by atoms with van der Waals surface area (Å²) in [7, 11) is 0. The average molecular weight is 426 g/mol. The average Bonchev–Trinajstić information content (AvgIpc) is 2.63. The van der Waals surface area contributed by atoms with Crippen LogP contribution >= 0.6 is 24.2 Å². The van der Waals surface area contributed by atoms with Crippen molar-refractivity contribution < 1.29 is 22.8 Å². The lowest BCUT2D eigenvalue weighted by atomic mass is 9.97. The minimum atomic E-state index is -4.41. The Labute approximate surface area is 166 Å². The minimum absolute atomic E-state index is 0. The van der Waals surface area contributed by atoms with Crippen LogP contribution in [0, 0.1) is 5.92 Å². The summed E-state index contributed by atoms with van der Waals surface area (Å²) in [6, 6.07) is 4.92. The summed E-state index contributed by atoms with van der Waals surface area (Å²) >= 11 is 1.07. The summed E-state index contributed by atoms with van der Waals surface area (Å²) in [5, 5.41) is 2.73. The number of alkyl halides is 3. The number of nitrogens with one attached hydrogen (secondary N) is 1. The van der Waals surface area contributed by atoms with Crippen molar-refractivity contribution in [1.82, 2.24) is 10.2 Å². The molecule has 0 saturated carbocycles. The third-order valence-electron chi connectivity index (χ3n) is 4.11. The van der Waals surface area contributed by atoms with Crippen molar-refractivity contribution in [2.45, 2.75) is 23.9 Å². The summed E-state index contributed by atoms with van der Waals surface area (Å²) in [6.45, 7) is 1.64. The van der Waals surface area contributed by atoms with Gasteiger partial charge in [0, 0.05) is 31.1 Å². The van der Waals surface area contributed by atoms with Crippen LogP contribution in [0.25, 0.3) is 0 Å². The van der Waals surface area contributed by atoms with Crippen LogP contribution in [0.1, 0.15) is 18.4 Å². The molecule has 1 aromatic rings.